The largest absolute Gasteiger partial charge is 0.359 e. The van der Waals surface area contributed by atoms with Crippen molar-refractivity contribution in [3.8, 4) is 0 Å². The van der Waals surface area contributed by atoms with Crippen LogP contribution < -0.4 is 4.90 Å². The summed E-state index contributed by atoms with van der Waals surface area (Å²) in [5.74, 6) is 0. The molecular formula is C11H14N2OS. The molecule has 1 aromatic rings. The van der Waals surface area contributed by atoms with E-state index < -0.39 is 0 Å². The van der Waals surface area contributed by atoms with Crippen molar-refractivity contribution in [3.63, 3.8) is 0 Å². The number of anilines is 1. The second kappa shape index (κ2) is 4.16. The minimum Gasteiger partial charge on any atom is -0.359 e. The number of hydrogen-bond donors (Lipinski definition) is 0. The second-order valence-corrected chi connectivity index (χ2v) is 3.92. The molecule has 0 N–H and O–H groups in total. The van der Waals surface area contributed by atoms with E-state index >= 15 is 0 Å². The fourth-order valence-electron chi connectivity index (χ4n) is 1.75. The van der Waals surface area contributed by atoms with Crippen molar-refractivity contribution >= 4 is 23.0 Å². The zero-order valence-electron chi connectivity index (χ0n) is 8.88. The monoisotopic (exact) mass is 222 g/mol. The summed E-state index contributed by atoms with van der Waals surface area (Å²) in [5, 5.41) is 0.813. The van der Waals surface area contributed by atoms with Gasteiger partial charge in [-0.15, -0.1) is 0 Å². The lowest BCUT2D eigenvalue weighted by Crippen LogP contribution is -2.35. The smallest absolute Gasteiger partial charge is 0.178 e. The number of para-hydroxylation sites is 1. The quantitative estimate of drug-likeness (QED) is 0.707. The van der Waals surface area contributed by atoms with Crippen LogP contribution in [0.1, 0.15) is 0 Å². The van der Waals surface area contributed by atoms with E-state index in [0.717, 1.165) is 17.3 Å². The van der Waals surface area contributed by atoms with Gasteiger partial charge in [0.25, 0.3) is 0 Å². The van der Waals surface area contributed by atoms with Crippen LogP contribution in [0.4, 0.5) is 5.69 Å². The lowest BCUT2D eigenvalue weighted by molar-refractivity contribution is 0.112. The van der Waals surface area contributed by atoms with E-state index in [1.165, 1.54) is 0 Å². The molecular weight excluding hydrogens is 208 g/mol. The number of thiocarbonyl (C=S) groups is 1. The van der Waals surface area contributed by atoms with Crippen LogP contribution in [0.2, 0.25) is 0 Å². The van der Waals surface area contributed by atoms with E-state index in [2.05, 4.69) is 0 Å². The molecule has 1 heterocycles. The molecule has 15 heavy (non-hydrogen) atoms. The first-order valence-corrected chi connectivity index (χ1v) is 5.27. The summed E-state index contributed by atoms with van der Waals surface area (Å²) < 4.78 is 5.42. The summed E-state index contributed by atoms with van der Waals surface area (Å²) >= 11 is 5.36. The molecule has 2 rings (SSSR count). The maximum atomic E-state index is 5.42. The van der Waals surface area contributed by atoms with Gasteiger partial charge in [-0.25, -0.2) is 0 Å². The van der Waals surface area contributed by atoms with Crippen molar-refractivity contribution in [2.24, 2.45) is 0 Å². The summed E-state index contributed by atoms with van der Waals surface area (Å²) in [6.45, 7) is 0.810. The van der Waals surface area contributed by atoms with Crippen LogP contribution in [-0.2, 0) is 4.74 Å². The molecule has 0 amide bonds. The molecule has 3 nitrogen and oxygen atoms in total. The highest BCUT2D eigenvalue weighted by atomic mass is 32.1. The molecule has 4 heteroatoms. The third-order valence-corrected chi connectivity index (χ3v) is 3.07. The van der Waals surface area contributed by atoms with E-state index in [9.17, 15) is 0 Å². The van der Waals surface area contributed by atoms with Crippen LogP contribution in [0.3, 0.4) is 0 Å². The Bertz CT molecular complexity index is 355. The van der Waals surface area contributed by atoms with Crippen molar-refractivity contribution in [2.45, 2.75) is 6.23 Å². The first kappa shape index (κ1) is 10.4. The molecule has 1 fully saturated rings. The van der Waals surface area contributed by atoms with Gasteiger partial charge in [-0.1, -0.05) is 18.2 Å². The third kappa shape index (κ3) is 1.82. The molecule has 1 saturated heterocycles. The van der Waals surface area contributed by atoms with Crippen LogP contribution in [0.5, 0.6) is 0 Å². The second-order valence-electron chi connectivity index (χ2n) is 3.56. The predicted molar refractivity (Wildman–Crippen MR) is 64.9 cm³/mol. The van der Waals surface area contributed by atoms with Gasteiger partial charge in [0.05, 0.1) is 6.54 Å². The van der Waals surface area contributed by atoms with E-state index in [-0.39, 0.29) is 6.23 Å². The van der Waals surface area contributed by atoms with Crippen LogP contribution in [0.25, 0.3) is 0 Å². The van der Waals surface area contributed by atoms with Crippen molar-refractivity contribution in [1.82, 2.24) is 4.90 Å². The Balaban J connectivity index is 2.31. The molecule has 0 aliphatic carbocycles. The van der Waals surface area contributed by atoms with Crippen LogP contribution in [0, 0.1) is 0 Å². The number of ether oxygens (including phenoxy) is 1. The zero-order valence-corrected chi connectivity index (χ0v) is 9.70. The fourth-order valence-corrected chi connectivity index (χ4v) is 2.04. The molecule has 0 spiro atoms. The molecule has 1 aromatic carbocycles. The standard InChI is InChI=1S/C11H14N2OS/c1-12-8-10(14-2)13(11(12)15)9-6-4-3-5-7-9/h3-7,10H,8H2,1-2H3. The highest BCUT2D eigenvalue weighted by Gasteiger charge is 2.32. The van der Waals surface area contributed by atoms with E-state index in [4.69, 9.17) is 17.0 Å². The van der Waals surface area contributed by atoms with Gasteiger partial charge in [0.2, 0.25) is 0 Å². The van der Waals surface area contributed by atoms with Gasteiger partial charge < -0.3 is 9.64 Å². The Morgan fingerprint density at radius 2 is 2.00 bits per heavy atom. The summed E-state index contributed by atoms with van der Waals surface area (Å²) in [4.78, 5) is 4.06. The Morgan fingerprint density at radius 1 is 1.33 bits per heavy atom. The first-order chi connectivity index (χ1) is 7.24. The average molecular weight is 222 g/mol. The molecule has 1 aliphatic heterocycles. The molecule has 1 aliphatic rings. The number of likely N-dealkylation sites (N-methyl/N-ethyl adjacent to an activating group) is 1. The maximum Gasteiger partial charge on any atom is 0.178 e. The number of benzene rings is 1. The van der Waals surface area contributed by atoms with Gasteiger partial charge in [0, 0.05) is 19.8 Å². The number of rotatable bonds is 2. The van der Waals surface area contributed by atoms with E-state index in [0.29, 0.717) is 0 Å². The first-order valence-electron chi connectivity index (χ1n) is 4.86. The third-order valence-electron chi connectivity index (χ3n) is 2.56. The SMILES string of the molecule is COC1CN(C)C(=S)N1c1ccccc1. The summed E-state index contributed by atoms with van der Waals surface area (Å²) in [6, 6.07) is 10.1. The highest BCUT2D eigenvalue weighted by Crippen LogP contribution is 2.23. The minimum atomic E-state index is 0.0184. The van der Waals surface area contributed by atoms with Crippen molar-refractivity contribution in [1.29, 1.82) is 0 Å². The van der Waals surface area contributed by atoms with Crippen molar-refractivity contribution in [3.05, 3.63) is 30.3 Å². The Hall–Kier alpha value is -1.13. The minimum absolute atomic E-state index is 0.0184. The lowest BCUT2D eigenvalue weighted by atomic mass is 10.3. The van der Waals surface area contributed by atoms with Crippen LogP contribution in [-0.4, -0.2) is 36.9 Å². The summed E-state index contributed by atoms with van der Waals surface area (Å²) in [6.07, 6.45) is 0.0184. The molecule has 0 bridgehead atoms. The van der Waals surface area contributed by atoms with Gasteiger partial charge in [-0.3, -0.25) is 4.90 Å². The maximum absolute atomic E-state index is 5.42. The van der Waals surface area contributed by atoms with Gasteiger partial charge in [0.15, 0.2) is 11.3 Å². The van der Waals surface area contributed by atoms with Gasteiger partial charge >= 0.3 is 0 Å². The summed E-state index contributed by atoms with van der Waals surface area (Å²) in [5.41, 5.74) is 1.08. The normalized spacial score (nSPS) is 21.2. The van der Waals surface area contributed by atoms with Crippen molar-refractivity contribution < 1.29 is 4.74 Å². The molecule has 0 aromatic heterocycles. The number of hydrogen-bond acceptors (Lipinski definition) is 2. The molecule has 80 valence electrons. The molecule has 1 atom stereocenters. The predicted octanol–water partition coefficient (Wildman–Crippen LogP) is 1.70. The Labute approximate surface area is 95.2 Å². The summed E-state index contributed by atoms with van der Waals surface area (Å²) in [7, 11) is 3.69. The highest BCUT2D eigenvalue weighted by molar-refractivity contribution is 7.80. The van der Waals surface area contributed by atoms with Gasteiger partial charge in [0.1, 0.15) is 0 Å². The number of methoxy groups -OCH3 is 1. The van der Waals surface area contributed by atoms with Crippen LogP contribution in [0.15, 0.2) is 30.3 Å². The zero-order chi connectivity index (χ0) is 10.8. The molecule has 1 unspecified atom stereocenters. The van der Waals surface area contributed by atoms with E-state index in [1.807, 2.05) is 47.2 Å². The van der Waals surface area contributed by atoms with E-state index in [1.54, 1.807) is 7.11 Å². The Morgan fingerprint density at radius 3 is 2.60 bits per heavy atom. The lowest BCUT2D eigenvalue weighted by Gasteiger charge is -2.23. The average Bonchev–Trinajstić information content (AvgIpc) is 2.56. The van der Waals surface area contributed by atoms with Crippen LogP contribution >= 0.6 is 12.2 Å². The number of nitrogens with zero attached hydrogens (tertiary/aromatic N) is 2. The molecule has 0 saturated carbocycles. The topological polar surface area (TPSA) is 15.7 Å². The molecule has 0 radical (unpaired) electrons. The Kier molecular flexibility index (Phi) is 2.88. The van der Waals surface area contributed by atoms with Gasteiger partial charge in [-0.2, -0.15) is 0 Å². The van der Waals surface area contributed by atoms with Crippen molar-refractivity contribution in [2.75, 3.05) is 25.6 Å². The van der Waals surface area contributed by atoms with Gasteiger partial charge in [-0.05, 0) is 24.4 Å². The fraction of sp³-hybridized carbons (Fsp3) is 0.364.